The highest BCUT2D eigenvalue weighted by atomic mass is 16.3. The molecular formula is C21H15NO. The lowest BCUT2D eigenvalue weighted by molar-refractivity contribution is 0.472. The molecule has 0 bridgehead atoms. The molecule has 0 amide bonds. The number of pyridine rings is 1. The topological polar surface area (TPSA) is 33.1 Å². The molecule has 0 aliphatic rings. The van der Waals surface area contributed by atoms with E-state index in [0.29, 0.717) is 0 Å². The first-order chi connectivity index (χ1) is 11.3. The Balaban J connectivity index is 1.99. The zero-order valence-electron chi connectivity index (χ0n) is 12.5. The van der Waals surface area contributed by atoms with Crippen molar-refractivity contribution in [2.75, 3.05) is 0 Å². The van der Waals surface area contributed by atoms with Crippen LogP contribution in [0.1, 0.15) is 11.1 Å². The van der Waals surface area contributed by atoms with E-state index >= 15 is 0 Å². The van der Waals surface area contributed by atoms with Gasteiger partial charge in [-0.05, 0) is 28.5 Å². The third-order valence-electron chi connectivity index (χ3n) is 4.02. The first-order valence-electron chi connectivity index (χ1n) is 7.55. The number of aromatic nitrogens is 1. The molecule has 4 aromatic rings. The highest BCUT2D eigenvalue weighted by molar-refractivity contribution is 6.11. The molecule has 0 radical (unpaired) electrons. The molecule has 23 heavy (non-hydrogen) atoms. The summed E-state index contributed by atoms with van der Waals surface area (Å²) < 4.78 is 0. The van der Waals surface area contributed by atoms with Gasteiger partial charge in [0.1, 0.15) is 5.75 Å². The molecule has 2 heteroatoms. The van der Waals surface area contributed by atoms with Gasteiger partial charge in [-0.2, -0.15) is 0 Å². The van der Waals surface area contributed by atoms with Gasteiger partial charge in [0.15, 0.2) is 0 Å². The van der Waals surface area contributed by atoms with E-state index in [4.69, 9.17) is 0 Å². The van der Waals surface area contributed by atoms with Gasteiger partial charge in [-0.15, -0.1) is 0 Å². The van der Waals surface area contributed by atoms with E-state index in [1.165, 1.54) is 6.20 Å². The molecule has 0 saturated heterocycles. The van der Waals surface area contributed by atoms with Crippen LogP contribution in [-0.2, 0) is 0 Å². The molecule has 4 rings (SSSR count). The van der Waals surface area contributed by atoms with Crippen LogP contribution in [0.5, 0.6) is 5.75 Å². The molecule has 0 atom stereocenters. The second kappa shape index (κ2) is 5.58. The number of fused-ring (bicyclic) bond motifs is 3. The summed E-state index contributed by atoms with van der Waals surface area (Å²) in [6, 6.07) is 22.3. The SMILES string of the molecule is Oc1cnc2ccc3ccccc3c2c1C=Cc1ccccc1. The summed E-state index contributed by atoms with van der Waals surface area (Å²) >= 11 is 0. The molecule has 2 nitrogen and oxygen atoms in total. The number of nitrogens with zero attached hydrogens (tertiary/aromatic N) is 1. The fraction of sp³-hybridized carbons (Fsp3) is 0. The summed E-state index contributed by atoms with van der Waals surface area (Å²) in [6.07, 6.45) is 5.49. The van der Waals surface area contributed by atoms with Gasteiger partial charge >= 0.3 is 0 Å². The summed E-state index contributed by atoms with van der Waals surface area (Å²) in [5.74, 6) is 0.195. The first kappa shape index (κ1) is 13.5. The third kappa shape index (κ3) is 2.44. The van der Waals surface area contributed by atoms with E-state index in [1.54, 1.807) is 0 Å². The molecule has 3 aromatic carbocycles. The molecule has 110 valence electrons. The Morgan fingerprint density at radius 3 is 2.43 bits per heavy atom. The van der Waals surface area contributed by atoms with Crippen molar-refractivity contribution in [3.8, 4) is 5.75 Å². The van der Waals surface area contributed by atoms with E-state index < -0.39 is 0 Å². The van der Waals surface area contributed by atoms with Crippen LogP contribution in [0.3, 0.4) is 0 Å². The van der Waals surface area contributed by atoms with Crippen LogP contribution in [-0.4, -0.2) is 10.1 Å². The lowest BCUT2D eigenvalue weighted by Crippen LogP contribution is -1.86. The fourth-order valence-corrected chi connectivity index (χ4v) is 2.89. The molecule has 0 aliphatic carbocycles. The van der Waals surface area contributed by atoms with Gasteiger partial charge in [0.05, 0.1) is 11.7 Å². The maximum Gasteiger partial charge on any atom is 0.141 e. The van der Waals surface area contributed by atoms with Crippen LogP contribution in [0.15, 0.2) is 72.9 Å². The van der Waals surface area contributed by atoms with Crippen molar-refractivity contribution in [1.82, 2.24) is 4.98 Å². The molecule has 1 N–H and O–H groups in total. The minimum Gasteiger partial charge on any atom is -0.506 e. The second-order valence-electron chi connectivity index (χ2n) is 5.48. The molecule has 1 aromatic heterocycles. The van der Waals surface area contributed by atoms with Gasteiger partial charge in [-0.25, -0.2) is 0 Å². The Morgan fingerprint density at radius 2 is 1.57 bits per heavy atom. The van der Waals surface area contributed by atoms with E-state index in [-0.39, 0.29) is 5.75 Å². The maximum absolute atomic E-state index is 10.3. The molecule has 0 unspecified atom stereocenters. The van der Waals surface area contributed by atoms with Crippen molar-refractivity contribution in [3.63, 3.8) is 0 Å². The van der Waals surface area contributed by atoms with Crippen LogP contribution in [0.25, 0.3) is 33.8 Å². The average molecular weight is 297 g/mol. The fourth-order valence-electron chi connectivity index (χ4n) is 2.89. The second-order valence-corrected chi connectivity index (χ2v) is 5.48. The van der Waals surface area contributed by atoms with Crippen molar-refractivity contribution < 1.29 is 5.11 Å². The smallest absolute Gasteiger partial charge is 0.141 e. The molecule has 0 saturated carbocycles. The molecule has 1 heterocycles. The Hall–Kier alpha value is -3.13. The average Bonchev–Trinajstić information content (AvgIpc) is 2.61. The Labute approximate surface area is 134 Å². The minimum absolute atomic E-state index is 0.195. The van der Waals surface area contributed by atoms with Gasteiger partial charge in [0.2, 0.25) is 0 Å². The summed E-state index contributed by atoms with van der Waals surface area (Å²) in [5, 5.41) is 13.6. The van der Waals surface area contributed by atoms with Gasteiger partial charge in [-0.3, -0.25) is 4.98 Å². The number of rotatable bonds is 2. The monoisotopic (exact) mass is 297 g/mol. The number of hydrogen-bond donors (Lipinski definition) is 1. The third-order valence-corrected chi connectivity index (χ3v) is 4.02. The Kier molecular flexibility index (Phi) is 3.28. The normalized spacial score (nSPS) is 11.5. The largest absolute Gasteiger partial charge is 0.506 e. The molecule has 0 aliphatic heterocycles. The maximum atomic E-state index is 10.3. The van der Waals surface area contributed by atoms with Crippen molar-refractivity contribution in [1.29, 1.82) is 0 Å². The van der Waals surface area contributed by atoms with Crippen LogP contribution in [0, 0.1) is 0 Å². The molecule has 0 fully saturated rings. The highest BCUT2D eigenvalue weighted by Crippen LogP contribution is 2.33. The summed E-state index contributed by atoms with van der Waals surface area (Å²) in [6.45, 7) is 0. The van der Waals surface area contributed by atoms with Crippen molar-refractivity contribution in [2.24, 2.45) is 0 Å². The van der Waals surface area contributed by atoms with E-state index in [9.17, 15) is 5.11 Å². The first-order valence-corrected chi connectivity index (χ1v) is 7.55. The van der Waals surface area contributed by atoms with Crippen molar-refractivity contribution >= 4 is 33.8 Å². The summed E-state index contributed by atoms with van der Waals surface area (Å²) in [7, 11) is 0. The summed E-state index contributed by atoms with van der Waals surface area (Å²) in [5.41, 5.74) is 2.78. The van der Waals surface area contributed by atoms with Gasteiger partial charge in [0, 0.05) is 10.9 Å². The van der Waals surface area contributed by atoms with E-state index in [1.807, 2.05) is 60.7 Å². The predicted molar refractivity (Wildman–Crippen MR) is 96.3 cm³/mol. The van der Waals surface area contributed by atoms with Crippen molar-refractivity contribution in [3.05, 3.63) is 84.1 Å². The van der Waals surface area contributed by atoms with E-state index in [2.05, 4.69) is 23.2 Å². The lowest BCUT2D eigenvalue weighted by atomic mass is 9.99. The van der Waals surface area contributed by atoms with Crippen LogP contribution >= 0.6 is 0 Å². The van der Waals surface area contributed by atoms with Crippen LogP contribution in [0.2, 0.25) is 0 Å². The minimum atomic E-state index is 0.195. The Morgan fingerprint density at radius 1 is 0.783 bits per heavy atom. The number of benzene rings is 3. The molecular weight excluding hydrogens is 282 g/mol. The van der Waals surface area contributed by atoms with Crippen molar-refractivity contribution in [2.45, 2.75) is 0 Å². The quantitative estimate of drug-likeness (QED) is 0.512. The number of aromatic hydroxyl groups is 1. The van der Waals surface area contributed by atoms with E-state index in [0.717, 1.165) is 32.8 Å². The van der Waals surface area contributed by atoms with Crippen LogP contribution < -0.4 is 0 Å². The highest BCUT2D eigenvalue weighted by Gasteiger charge is 2.09. The zero-order chi connectivity index (χ0) is 15.6. The van der Waals surface area contributed by atoms with Gasteiger partial charge < -0.3 is 5.11 Å². The predicted octanol–water partition coefficient (Wildman–Crippen LogP) is 5.26. The number of hydrogen-bond acceptors (Lipinski definition) is 2. The van der Waals surface area contributed by atoms with Gasteiger partial charge in [0.25, 0.3) is 0 Å². The Bertz CT molecular complexity index is 1020. The zero-order valence-corrected chi connectivity index (χ0v) is 12.5. The lowest BCUT2D eigenvalue weighted by Gasteiger charge is -2.08. The van der Waals surface area contributed by atoms with Gasteiger partial charge in [-0.1, -0.05) is 66.7 Å². The standard InChI is InChI=1S/C21H15NO/c23-20-14-22-19-13-11-16-8-4-5-9-17(16)21(19)18(20)12-10-15-6-2-1-3-7-15/h1-14,23H. The molecule has 0 spiro atoms. The summed E-state index contributed by atoms with van der Waals surface area (Å²) in [4.78, 5) is 4.36. The van der Waals surface area contributed by atoms with Crippen LogP contribution in [0.4, 0.5) is 0 Å².